The second kappa shape index (κ2) is 5.98. The molecule has 0 aliphatic heterocycles. The highest BCUT2D eigenvalue weighted by Crippen LogP contribution is 2.28. The molecule has 0 fully saturated rings. The molecule has 0 radical (unpaired) electrons. The maximum atomic E-state index is 9.20. The first-order valence-electron chi connectivity index (χ1n) is 7.34. The number of nitrogens with zero attached hydrogens (tertiary/aromatic N) is 3. The zero-order valence-corrected chi connectivity index (χ0v) is 13.4. The van der Waals surface area contributed by atoms with Crippen LogP contribution in [0.3, 0.4) is 0 Å². The van der Waals surface area contributed by atoms with Crippen LogP contribution in [0.15, 0.2) is 48.5 Å². The molecule has 23 heavy (non-hydrogen) atoms. The summed E-state index contributed by atoms with van der Waals surface area (Å²) in [5, 5.41) is 13.6. The minimum absolute atomic E-state index is 0.397. The Kier molecular flexibility index (Phi) is 3.86. The number of aromatic nitrogens is 2. The van der Waals surface area contributed by atoms with E-state index in [1.165, 1.54) is 5.56 Å². The molecule has 0 saturated heterocycles. The zero-order valence-electron chi connectivity index (χ0n) is 13.4. The van der Waals surface area contributed by atoms with Crippen molar-refractivity contribution < 1.29 is 4.74 Å². The van der Waals surface area contributed by atoms with E-state index < -0.39 is 0 Å². The van der Waals surface area contributed by atoms with E-state index in [0.29, 0.717) is 5.69 Å². The Hall–Kier alpha value is -3.06. The molecule has 0 N–H and O–H groups in total. The molecular formula is C19H17N3O. The minimum Gasteiger partial charge on any atom is -0.496 e. The first-order valence-corrected chi connectivity index (χ1v) is 7.34. The van der Waals surface area contributed by atoms with Gasteiger partial charge < -0.3 is 4.74 Å². The summed E-state index contributed by atoms with van der Waals surface area (Å²) in [4.78, 5) is 0. The summed E-state index contributed by atoms with van der Waals surface area (Å²) in [7, 11) is 1.66. The van der Waals surface area contributed by atoms with Gasteiger partial charge in [-0.1, -0.05) is 17.7 Å². The number of rotatable bonds is 3. The van der Waals surface area contributed by atoms with E-state index in [2.05, 4.69) is 11.2 Å². The fourth-order valence-corrected chi connectivity index (χ4v) is 2.56. The average molecular weight is 303 g/mol. The largest absolute Gasteiger partial charge is 0.496 e. The molecule has 3 aromatic rings. The molecular weight excluding hydrogens is 286 g/mol. The van der Waals surface area contributed by atoms with Crippen molar-refractivity contribution in [2.45, 2.75) is 13.8 Å². The maximum absolute atomic E-state index is 9.20. The second-order valence-electron chi connectivity index (χ2n) is 5.46. The Labute approximate surface area is 135 Å². The Balaban J connectivity index is 2.15. The van der Waals surface area contributed by atoms with E-state index in [9.17, 15) is 5.26 Å². The third-order valence-electron chi connectivity index (χ3n) is 3.79. The monoisotopic (exact) mass is 303 g/mol. The lowest BCUT2D eigenvalue weighted by atomic mass is 10.1. The van der Waals surface area contributed by atoms with Crippen molar-refractivity contribution in [1.29, 1.82) is 5.26 Å². The molecule has 4 nitrogen and oxygen atoms in total. The van der Waals surface area contributed by atoms with Gasteiger partial charge >= 0.3 is 0 Å². The van der Waals surface area contributed by atoms with Gasteiger partial charge in [0.05, 0.1) is 18.5 Å². The first-order chi connectivity index (χ1) is 11.1. The molecule has 0 atom stereocenters. The molecule has 4 heteroatoms. The number of aryl methyl sites for hydroxylation is 2. The summed E-state index contributed by atoms with van der Waals surface area (Å²) in [6.07, 6.45) is 0. The topological polar surface area (TPSA) is 50.8 Å². The fourth-order valence-electron chi connectivity index (χ4n) is 2.56. The van der Waals surface area contributed by atoms with Gasteiger partial charge in [0.1, 0.15) is 11.8 Å². The molecule has 0 spiro atoms. The molecule has 1 aromatic heterocycles. The van der Waals surface area contributed by atoms with E-state index in [-0.39, 0.29) is 0 Å². The van der Waals surface area contributed by atoms with E-state index in [0.717, 1.165) is 28.3 Å². The van der Waals surface area contributed by atoms with Crippen molar-refractivity contribution >= 4 is 0 Å². The number of methoxy groups -OCH3 is 1. The van der Waals surface area contributed by atoms with Crippen LogP contribution in [0.1, 0.15) is 16.8 Å². The van der Waals surface area contributed by atoms with Gasteiger partial charge in [0, 0.05) is 11.6 Å². The Morgan fingerprint density at radius 3 is 2.39 bits per heavy atom. The van der Waals surface area contributed by atoms with Crippen molar-refractivity contribution in [1.82, 2.24) is 9.78 Å². The molecule has 114 valence electrons. The lowest BCUT2D eigenvalue weighted by Gasteiger charge is -2.10. The molecule has 3 rings (SSSR count). The molecule has 0 aliphatic carbocycles. The van der Waals surface area contributed by atoms with Gasteiger partial charge in [0.2, 0.25) is 0 Å². The summed E-state index contributed by atoms with van der Waals surface area (Å²) in [6.45, 7) is 4.04. The summed E-state index contributed by atoms with van der Waals surface area (Å²) in [5.41, 5.74) is 5.44. The zero-order chi connectivity index (χ0) is 16.4. The number of hydrogen-bond donors (Lipinski definition) is 0. The van der Waals surface area contributed by atoms with Gasteiger partial charge in [-0.25, -0.2) is 4.68 Å². The average Bonchev–Trinajstić information content (AvgIpc) is 3.00. The van der Waals surface area contributed by atoms with Gasteiger partial charge in [-0.15, -0.1) is 0 Å². The van der Waals surface area contributed by atoms with Gasteiger partial charge in [-0.05, 0) is 49.7 Å². The maximum Gasteiger partial charge on any atom is 0.163 e. The van der Waals surface area contributed by atoms with Crippen LogP contribution in [0.5, 0.6) is 5.75 Å². The molecule has 0 saturated carbocycles. The Bertz CT molecular complexity index is 886. The Morgan fingerprint density at radius 1 is 1.04 bits per heavy atom. The molecule has 0 amide bonds. The highest BCUT2D eigenvalue weighted by Gasteiger charge is 2.12. The van der Waals surface area contributed by atoms with E-state index >= 15 is 0 Å². The molecule has 1 heterocycles. The highest BCUT2D eigenvalue weighted by molar-refractivity contribution is 5.65. The van der Waals surface area contributed by atoms with Crippen LogP contribution < -0.4 is 4.74 Å². The van der Waals surface area contributed by atoms with Gasteiger partial charge in [0.25, 0.3) is 0 Å². The standard InChI is InChI=1S/C19H17N3O/c1-13-4-7-17(8-5-13)22-18(11-16(12-20)21-22)15-6-9-19(23-3)14(2)10-15/h4-11H,1-3H3. The van der Waals surface area contributed by atoms with Gasteiger partial charge in [-0.3, -0.25) is 0 Å². The third kappa shape index (κ3) is 2.82. The van der Waals surface area contributed by atoms with Crippen LogP contribution in [0.4, 0.5) is 0 Å². The Morgan fingerprint density at radius 2 is 1.78 bits per heavy atom. The van der Waals surface area contributed by atoms with Crippen LogP contribution in [0.2, 0.25) is 0 Å². The van der Waals surface area contributed by atoms with Crippen molar-refractivity contribution in [2.75, 3.05) is 7.11 Å². The minimum atomic E-state index is 0.397. The van der Waals surface area contributed by atoms with Crippen LogP contribution in [-0.4, -0.2) is 16.9 Å². The molecule has 0 bridgehead atoms. The summed E-state index contributed by atoms with van der Waals surface area (Å²) >= 11 is 0. The van der Waals surface area contributed by atoms with Crippen molar-refractivity contribution in [2.24, 2.45) is 0 Å². The number of nitriles is 1. The first kappa shape index (κ1) is 14.9. The normalized spacial score (nSPS) is 10.3. The predicted octanol–water partition coefficient (Wildman–Crippen LogP) is 4.04. The van der Waals surface area contributed by atoms with Gasteiger partial charge in [0.15, 0.2) is 5.69 Å². The number of hydrogen-bond acceptors (Lipinski definition) is 3. The lowest BCUT2D eigenvalue weighted by Crippen LogP contribution is -1.99. The van der Waals surface area contributed by atoms with Crippen LogP contribution in [-0.2, 0) is 0 Å². The van der Waals surface area contributed by atoms with E-state index in [1.807, 2.05) is 56.3 Å². The number of ether oxygens (including phenoxy) is 1. The van der Waals surface area contributed by atoms with Crippen LogP contribution >= 0.6 is 0 Å². The summed E-state index contributed by atoms with van der Waals surface area (Å²) in [6, 6.07) is 18.0. The highest BCUT2D eigenvalue weighted by atomic mass is 16.5. The molecule has 2 aromatic carbocycles. The van der Waals surface area contributed by atoms with E-state index in [1.54, 1.807) is 17.9 Å². The van der Waals surface area contributed by atoms with Crippen molar-refractivity contribution in [3.63, 3.8) is 0 Å². The molecule has 0 unspecified atom stereocenters. The predicted molar refractivity (Wildman–Crippen MR) is 89.7 cm³/mol. The molecule has 0 aliphatic rings. The van der Waals surface area contributed by atoms with Gasteiger partial charge in [-0.2, -0.15) is 10.4 Å². The summed E-state index contributed by atoms with van der Waals surface area (Å²) < 4.78 is 7.12. The fraction of sp³-hybridized carbons (Fsp3) is 0.158. The SMILES string of the molecule is COc1ccc(-c2cc(C#N)nn2-c2ccc(C)cc2)cc1C. The van der Waals surface area contributed by atoms with Crippen molar-refractivity contribution in [3.8, 4) is 28.8 Å². The van der Waals surface area contributed by atoms with Crippen molar-refractivity contribution in [3.05, 3.63) is 65.4 Å². The summed E-state index contributed by atoms with van der Waals surface area (Å²) in [5.74, 6) is 0.843. The van der Waals surface area contributed by atoms with E-state index in [4.69, 9.17) is 4.74 Å². The third-order valence-corrected chi connectivity index (χ3v) is 3.79. The lowest BCUT2D eigenvalue weighted by molar-refractivity contribution is 0.412. The second-order valence-corrected chi connectivity index (χ2v) is 5.46. The van der Waals surface area contributed by atoms with Crippen LogP contribution in [0.25, 0.3) is 16.9 Å². The smallest absolute Gasteiger partial charge is 0.163 e. The quantitative estimate of drug-likeness (QED) is 0.734. The number of benzene rings is 2. The van der Waals surface area contributed by atoms with Crippen LogP contribution in [0, 0.1) is 25.2 Å².